The second-order valence-corrected chi connectivity index (χ2v) is 4.34. The zero-order chi connectivity index (χ0) is 11.3. The largest absolute Gasteiger partial charge is 0.497 e. The molecule has 82 valence electrons. The smallest absolute Gasteiger partial charge is 0.119 e. The van der Waals surface area contributed by atoms with E-state index in [-0.39, 0.29) is 0 Å². The van der Waals surface area contributed by atoms with E-state index in [1.54, 1.807) is 7.11 Å². The summed E-state index contributed by atoms with van der Waals surface area (Å²) >= 11 is 3.51. The first-order valence-electron chi connectivity index (χ1n) is 5.08. The second-order valence-electron chi connectivity index (χ2n) is 3.78. The van der Waals surface area contributed by atoms with Gasteiger partial charge in [-0.2, -0.15) is 0 Å². The summed E-state index contributed by atoms with van der Waals surface area (Å²) in [4.78, 5) is 0. The van der Waals surface area contributed by atoms with E-state index >= 15 is 0 Å². The molecule has 0 aromatic heterocycles. The minimum Gasteiger partial charge on any atom is -0.497 e. The normalized spacial score (nSPS) is 11.9. The number of halogens is 1. The van der Waals surface area contributed by atoms with E-state index in [4.69, 9.17) is 4.74 Å². The van der Waals surface area contributed by atoms with E-state index in [9.17, 15) is 0 Å². The van der Waals surface area contributed by atoms with E-state index < -0.39 is 0 Å². The Kier molecular flexibility index (Phi) is 4.89. The zero-order valence-corrected chi connectivity index (χ0v) is 11.0. The molecule has 1 aromatic rings. The number of methoxy groups -OCH3 is 1. The van der Waals surface area contributed by atoms with Crippen molar-refractivity contribution >= 4 is 22.0 Å². The third-order valence-corrected chi connectivity index (χ3v) is 2.99. The maximum absolute atomic E-state index is 5.19. The second kappa shape index (κ2) is 5.96. The molecule has 0 heterocycles. The van der Waals surface area contributed by atoms with Crippen molar-refractivity contribution in [1.82, 2.24) is 0 Å². The highest BCUT2D eigenvalue weighted by atomic mass is 79.9. The molecule has 1 nitrogen and oxygen atoms in total. The van der Waals surface area contributed by atoms with Crippen molar-refractivity contribution in [3.63, 3.8) is 0 Å². The van der Waals surface area contributed by atoms with E-state index in [2.05, 4.69) is 41.9 Å². The molecule has 0 atom stereocenters. The van der Waals surface area contributed by atoms with Crippen molar-refractivity contribution in [2.45, 2.75) is 13.8 Å². The van der Waals surface area contributed by atoms with Crippen LogP contribution in [0, 0.1) is 5.92 Å². The van der Waals surface area contributed by atoms with Gasteiger partial charge in [0.2, 0.25) is 0 Å². The zero-order valence-electron chi connectivity index (χ0n) is 9.46. The summed E-state index contributed by atoms with van der Waals surface area (Å²) < 4.78 is 5.19. The molecule has 0 N–H and O–H groups in total. The van der Waals surface area contributed by atoms with Gasteiger partial charge in [-0.3, -0.25) is 0 Å². The Labute approximate surface area is 100 Å². The van der Waals surface area contributed by atoms with Crippen molar-refractivity contribution in [1.29, 1.82) is 0 Å². The fourth-order valence-corrected chi connectivity index (χ4v) is 2.11. The average Bonchev–Trinajstić information content (AvgIpc) is 2.25. The summed E-state index contributed by atoms with van der Waals surface area (Å²) in [6.07, 6.45) is 2.21. The summed E-state index contributed by atoms with van der Waals surface area (Å²) in [6.45, 7) is 4.40. The summed E-state index contributed by atoms with van der Waals surface area (Å²) in [7, 11) is 1.69. The van der Waals surface area contributed by atoms with Crippen LogP contribution in [0.1, 0.15) is 19.4 Å². The molecule has 0 aliphatic rings. The molecule has 15 heavy (non-hydrogen) atoms. The first-order chi connectivity index (χ1) is 7.17. The van der Waals surface area contributed by atoms with Crippen molar-refractivity contribution in [3.8, 4) is 5.75 Å². The van der Waals surface area contributed by atoms with Gasteiger partial charge in [0.25, 0.3) is 0 Å². The summed E-state index contributed by atoms with van der Waals surface area (Å²) in [5, 5.41) is 0.919. The van der Waals surface area contributed by atoms with Crippen LogP contribution < -0.4 is 4.74 Å². The summed E-state index contributed by atoms with van der Waals surface area (Å²) in [5.74, 6) is 1.47. The lowest BCUT2D eigenvalue weighted by atomic mass is 10.0. The van der Waals surface area contributed by atoms with Gasteiger partial charge in [-0.05, 0) is 23.6 Å². The Morgan fingerprint density at radius 1 is 1.47 bits per heavy atom. The predicted molar refractivity (Wildman–Crippen MR) is 69.6 cm³/mol. The number of hydrogen-bond donors (Lipinski definition) is 0. The van der Waals surface area contributed by atoms with Crippen LogP contribution in [0.15, 0.2) is 29.8 Å². The molecule has 2 heteroatoms. The number of rotatable bonds is 4. The minimum absolute atomic E-state index is 0.565. The number of benzene rings is 1. The van der Waals surface area contributed by atoms with Gasteiger partial charge in [0.1, 0.15) is 5.75 Å². The van der Waals surface area contributed by atoms with Crippen LogP contribution in [-0.2, 0) is 0 Å². The lowest BCUT2D eigenvalue weighted by molar-refractivity contribution is 0.414. The van der Waals surface area contributed by atoms with Crippen LogP contribution in [0.2, 0.25) is 0 Å². The Balaban J connectivity index is 2.95. The highest BCUT2D eigenvalue weighted by molar-refractivity contribution is 9.09. The number of hydrogen-bond acceptors (Lipinski definition) is 1. The van der Waals surface area contributed by atoms with Gasteiger partial charge < -0.3 is 4.74 Å². The van der Waals surface area contributed by atoms with Crippen LogP contribution in [0.4, 0.5) is 0 Å². The van der Waals surface area contributed by atoms with Crippen molar-refractivity contribution < 1.29 is 4.74 Å². The van der Waals surface area contributed by atoms with Crippen LogP contribution in [0.25, 0.3) is 6.08 Å². The molecule has 1 aromatic carbocycles. The molecular weight excluding hydrogens is 252 g/mol. The average molecular weight is 269 g/mol. The lowest BCUT2D eigenvalue weighted by Gasteiger charge is -2.08. The van der Waals surface area contributed by atoms with Crippen LogP contribution >= 0.6 is 15.9 Å². The maximum atomic E-state index is 5.19. The van der Waals surface area contributed by atoms with E-state index in [0.717, 1.165) is 11.1 Å². The summed E-state index contributed by atoms with van der Waals surface area (Å²) in [6, 6.07) is 8.11. The molecule has 0 radical (unpaired) electrons. The SMILES string of the molecule is COc1cccc(C=C(CBr)C(C)C)c1. The number of allylic oxidation sites excluding steroid dienone is 1. The molecule has 0 aliphatic carbocycles. The van der Waals surface area contributed by atoms with E-state index in [1.165, 1.54) is 11.1 Å². The van der Waals surface area contributed by atoms with Crippen molar-refractivity contribution in [2.75, 3.05) is 12.4 Å². The van der Waals surface area contributed by atoms with Crippen molar-refractivity contribution in [3.05, 3.63) is 35.4 Å². The number of alkyl halides is 1. The molecule has 1 rings (SSSR count). The van der Waals surface area contributed by atoms with Gasteiger partial charge in [0.15, 0.2) is 0 Å². The molecule has 0 unspecified atom stereocenters. The summed E-state index contributed by atoms with van der Waals surface area (Å²) in [5.41, 5.74) is 2.58. The fraction of sp³-hybridized carbons (Fsp3) is 0.385. The number of ether oxygens (including phenoxy) is 1. The van der Waals surface area contributed by atoms with Gasteiger partial charge in [0, 0.05) is 5.33 Å². The van der Waals surface area contributed by atoms with Gasteiger partial charge in [-0.15, -0.1) is 0 Å². The predicted octanol–water partition coefficient (Wildman–Crippen LogP) is 4.13. The highest BCUT2D eigenvalue weighted by Crippen LogP contribution is 2.19. The fourth-order valence-electron chi connectivity index (χ4n) is 1.30. The first-order valence-corrected chi connectivity index (χ1v) is 6.20. The molecule has 0 spiro atoms. The Bertz CT molecular complexity index is 342. The van der Waals surface area contributed by atoms with Gasteiger partial charge in [0.05, 0.1) is 7.11 Å². The highest BCUT2D eigenvalue weighted by Gasteiger charge is 2.01. The Morgan fingerprint density at radius 3 is 2.73 bits per heavy atom. The molecule has 0 saturated heterocycles. The van der Waals surface area contributed by atoms with E-state index in [1.807, 2.05) is 18.2 Å². The first kappa shape index (κ1) is 12.3. The lowest BCUT2D eigenvalue weighted by Crippen LogP contribution is -1.94. The molecular formula is C13H17BrO. The quantitative estimate of drug-likeness (QED) is 0.747. The molecule has 0 bridgehead atoms. The van der Waals surface area contributed by atoms with Crippen LogP contribution in [0.5, 0.6) is 5.75 Å². The topological polar surface area (TPSA) is 9.23 Å². The maximum Gasteiger partial charge on any atom is 0.119 e. The van der Waals surface area contributed by atoms with Crippen LogP contribution in [0.3, 0.4) is 0 Å². The van der Waals surface area contributed by atoms with Gasteiger partial charge in [-0.1, -0.05) is 53.6 Å². The Morgan fingerprint density at radius 2 is 2.20 bits per heavy atom. The van der Waals surface area contributed by atoms with Gasteiger partial charge in [-0.25, -0.2) is 0 Å². The Hall–Kier alpha value is -0.760. The van der Waals surface area contributed by atoms with E-state index in [0.29, 0.717) is 5.92 Å². The van der Waals surface area contributed by atoms with Gasteiger partial charge >= 0.3 is 0 Å². The standard InChI is InChI=1S/C13H17BrO/c1-10(2)12(9-14)7-11-5-4-6-13(8-11)15-3/h4-8,10H,9H2,1-3H3. The molecule has 0 amide bonds. The molecule has 0 aliphatic heterocycles. The van der Waals surface area contributed by atoms with Crippen LogP contribution in [-0.4, -0.2) is 12.4 Å². The third kappa shape index (κ3) is 3.71. The minimum atomic E-state index is 0.565. The molecule has 0 saturated carbocycles. The third-order valence-electron chi connectivity index (χ3n) is 2.34. The van der Waals surface area contributed by atoms with Crippen molar-refractivity contribution in [2.24, 2.45) is 5.92 Å². The molecule has 0 fully saturated rings. The monoisotopic (exact) mass is 268 g/mol.